The fourth-order valence-electron chi connectivity index (χ4n) is 5.12. The Labute approximate surface area is 220 Å². The molecule has 2 unspecified atom stereocenters. The molecule has 1 aliphatic carbocycles. The number of nitrogens with zero attached hydrogens (tertiary/aromatic N) is 3. The Morgan fingerprint density at radius 3 is 2.58 bits per heavy atom. The van der Waals surface area contributed by atoms with Crippen LogP contribution in [0.2, 0.25) is 0 Å². The lowest BCUT2D eigenvalue weighted by atomic mass is 9.79. The molecule has 192 valence electrons. The zero-order valence-electron chi connectivity index (χ0n) is 20.8. The Morgan fingerprint density at radius 2 is 1.87 bits per heavy atom. The van der Waals surface area contributed by atoms with Crippen LogP contribution in [0.3, 0.4) is 0 Å². The monoisotopic (exact) mass is 508 g/mol. The van der Waals surface area contributed by atoms with E-state index >= 15 is 0 Å². The van der Waals surface area contributed by atoms with Crippen LogP contribution in [0.5, 0.6) is 0 Å². The maximum absolute atomic E-state index is 13.1. The zero-order chi connectivity index (χ0) is 26.5. The fraction of sp³-hybridized carbons (Fsp3) is 0.267. The summed E-state index contributed by atoms with van der Waals surface area (Å²) in [5.41, 5.74) is 4.36. The van der Waals surface area contributed by atoms with Crippen molar-refractivity contribution < 1.29 is 19.1 Å². The van der Waals surface area contributed by atoms with Crippen LogP contribution in [0.15, 0.2) is 77.6 Å². The van der Waals surface area contributed by atoms with Gasteiger partial charge in [-0.25, -0.2) is 9.78 Å². The van der Waals surface area contributed by atoms with Crippen LogP contribution in [-0.2, 0) is 17.8 Å². The Morgan fingerprint density at radius 1 is 1.08 bits per heavy atom. The van der Waals surface area contributed by atoms with Crippen molar-refractivity contribution in [3.63, 3.8) is 0 Å². The summed E-state index contributed by atoms with van der Waals surface area (Å²) in [7, 11) is 0. The molecular formula is C30H28N4O4. The number of hydrogen-bond acceptors (Lipinski definition) is 5. The number of nitrogens with one attached hydrogen (secondary N) is 1. The number of imidazole rings is 1. The molecule has 1 saturated carbocycles. The molecule has 8 heteroatoms. The van der Waals surface area contributed by atoms with E-state index in [9.17, 15) is 9.59 Å². The van der Waals surface area contributed by atoms with Crippen LogP contribution in [0.1, 0.15) is 53.1 Å². The number of aromatic carboxylic acids is 1. The number of carbonyl (C=O) groups is 2. The number of carboxylic acids is 1. The maximum atomic E-state index is 13.1. The predicted molar refractivity (Wildman–Crippen MR) is 141 cm³/mol. The van der Waals surface area contributed by atoms with E-state index in [1.165, 1.54) is 6.07 Å². The second kappa shape index (κ2) is 11.2. The van der Waals surface area contributed by atoms with Crippen molar-refractivity contribution in [3.8, 4) is 17.4 Å². The first kappa shape index (κ1) is 25.0. The Hall–Kier alpha value is -4.64. The number of amides is 1. The molecule has 0 bridgehead atoms. The molecule has 2 atom stereocenters. The Kier molecular flexibility index (Phi) is 7.36. The van der Waals surface area contributed by atoms with Crippen molar-refractivity contribution in [1.29, 1.82) is 5.26 Å². The van der Waals surface area contributed by atoms with Crippen LogP contribution in [0, 0.1) is 23.2 Å². The molecule has 5 rings (SSSR count). The molecule has 1 amide bonds. The third kappa shape index (κ3) is 5.84. The summed E-state index contributed by atoms with van der Waals surface area (Å²) >= 11 is 0. The van der Waals surface area contributed by atoms with Crippen LogP contribution >= 0.6 is 0 Å². The molecule has 2 heterocycles. The molecular weight excluding hydrogens is 480 g/mol. The molecule has 8 nitrogen and oxygen atoms in total. The highest BCUT2D eigenvalue weighted by molar-refractivity contribution is 5.93. The quantitative estimate of drug-likeness (QED) is 0.313. The first-order valence-corrected chi connectivity index (χ1v) is 12.7. The van der Waals surface area contributed by atoms with Gasteiger partial charge in [-0.3, -0.25) is 4.79 Å². The number of rotatable bonds is 8. The van der Waals surface area contributed by atoms with Crippen LogP contribution in [0.4, 0.5) is 5.69 Å². The van der Waals surface area contributed by atoms with Crippen molar-refractivity contribution in [3.05, 3.63) is 95.8 Å². The SMILES string of the molecule is N#Cc1ccc(Cn2cncc2CC2CCCC(C(=O)Nc3ccc(-c4ccc(C(=O)O)o4)cc3)C2)cc1. The lowest BCUT2D eigenvalue weighted by Crippen LogP contribution is -2.29. The second-order valence-electron chi connectivity index (χ2n) is 9.79. The number of nitriles is 1. The summed E-state index contributed by atoms with van der Waals surface area (Å²) in [4.78, 5) is 28.5. The van der Waals surface area contributed by atoms with Gasteiger partial charge >= 0.3 is 5.97 Å². The summed E-state index contributed by atoms with van der Waals surface area (Å²) in [6.45, 7) is 0.698. The maximum Gasteiger partial charge on any atom is 0.371 e. The van der Waals surface area contributed by atoms with Gasteiger partial charge in [0.25, 0.3) is 0 Å². The van der Waals surface area contributed by atoms with Gasteiger partial charge in [-0.05, 0) is 79.3 Å². The number of carboxylic acid groups (broad SMARTS) is 1. The van der Waals surface area contributed by atoms with Gasteiger partial charge in [0.05, 0.1) is 18.0 Å². The highest BCUT2D eigenvalue weighted by Gasteiger charge is 2.28. The Bertz CT molecular complexity index is 1460. The topological polar surface area (TPSA) is 121 Å². The molecule has 1 fully saturated rings. The lowest BCUT2D eigenvalue weighted by molar-refractivity contribution is -0.121. The number of anilines is 1. The Balaban J connectivity index is 1.17. The molecule has 2 aromatic heterocycles. The molecule has 2 N–H and O–H groups in total. The van der Waals surface area contributed by atoms with Gasteiger partial charge in [0, 0.05) is 35.6 Å². The minimum atomic E-state index is -1.11. The minimum Gasteiger partial charge on any atom is -0.475 e. The zero-order valence-corrected chi connectivity index (χ0v) is 20.8. The molecule has 0 saturated heterocycles. The lowest BCUT2D eigenvalue weighted by Gasteiger charge is -2.28. The molecule has 1 aliphatic rings. The summed E-state index contributed by atoms with van der Waals surface area (Å²) in [6.07, 6.45) is 8.42. The molecule has 0 aliphatic heterocycles. The molecule has 0 radical (unpaired) electrons. The largest absolute Gasteiger partial charge is 0.475 e. The van der Waals surface area contributed by atoms with E-state index in [0.29, 0.717) is 29.5 Å². The number of hydrogen-bond donors (Lipinski definition) is 2. The van der Waals surface area contributed by atoms with E-state index < -0.39 is 5.97 Å². The first-order valence-electron chi connectivity index (χ1n) is 12.7. The number of benzene rings is 2. The van der Waals surface area contributed by atoms with Gasteiger partial charge in [-0.2, -0.15) is 5.26 Å². The van der Waals surface area contributed by atoms with Gasteiger partial charge in [0.15, 0.2) is 0 Å². The predicted octanol–water partition coefficient (Wildman–Crippen LogP) is 5.75. The third-order valence-corrected chi connectivity index (χ3v) is 7.14. The van der Waals surface area contributed by atoms with Crippen molar-refractivity contribution in [2.75, 3.05) is 5.32 Å². The summed E-state index contributed by atoms with van der Waals surface area (Å²) in [6, 6.07) is 20.0. The van der Waals surface area contributed by atoms with Crippen LogP contribution in [0.25, 0.3) is 11.3 Å². The summed E-state index contributed by atoms with van der Waals surface area (Å²) in [5, 5.41) is 21.1. The van der Waals surface area contributed by atoms with Gasteiger partial charge < -0.3 is 19.4 Å². The normalized spacial score (nSPS) is 17.0. The molecule has 2 aromatic carbocycles. The number of furan rings is 1. The second-order valence-corrected chi connectivity index (χ2v) is 9.79. The van der Waals surface area contributed by atoms with Crippen molar-refractivity contribution >= 4 is 17.6 Å². The summed E-state index contributed by atoms with van der Waals surface area (Å²) < 4.78 is 7.49. The standard InChI is InChI=1S/C30H28N4O4/c31-16-20-4-6-21(7-5-20)18-34-19-32-17-26(34)15-22-2-1-3-24(14-22)29(35)33-25-10-8-23(9-11-25)27-12-13-28(38-27)30(36)37/h4-13,17,19,22,24H,1-3,14-15,18H2,(H,33,35)(H,36,37). The highest BCUT2D eigenvalue weighted by Crippen LogP contribution is 2.33. The van der Waals surface area contributed by atoms with E-state index in [4.69, 9.17) is 14.8 Å². The van der Waals surface area contributed by atoms with Gasteiger partial charge in [-0.1, -0.05) is 25.0 Å². The van der Waals surface area contributed by atoms with E-state index in [1.807, 2.05) is 36.8 Å². The van der Waals surface area contributed by atoms with Gasteiger partial charge in [0.2, 0.25) is 11.7 Å². The van der Waals surface area contributed by atoms with Crippen molar-refractivity contribution in [2.45, 2.75) is 38.6 Å². The first-order chi connectivity index (χ1) is 18.5. The number of carbonyl (C=O) groups excluding carboxylic acids is 1. The average Bonchev–Trinajstić information content (AvgIpc) is 3.60. The number of aromatic nitrogens is 2. The average molecular weight is 509 g/mol. The smallest absolute Gasteiger partial charge is 0.371 e. The minimum absolute atomic E-state index is 0.0275. The van der Waals surface area contributed by atoms with Crippen LogP contribution < -0.4 is 5.32 Å². The van der Waals surface area contributed by atoms with Crippen molar-refractivity contribution in [2.24, 2.45) is 11.8 Å². The third-order valence-electron chi connectivity index (χ3n) is 7.14. The van der Waals surface area contributed by atoms with Gasteiger partial charge in [0.1, 0.15) is 5.76 Å². The molecule has 38 heavy (non-hydrogen) atoms. The fourth-order valence-corrected chi connectivity index (χ4v) is 5.12. The molecule has 4 aromatic rings. The van der Waals surface area contributed by atoms with E-state index in [2.05, 4.69) is 20.9 Å². The van der Waals surface area contributed by atoms with E-state index in [1.54, 1.807) is 30.3 Å². The molecule has 0 spiro atoms. The van der Waals surface area contributed by atoms with Crippen molar-refractivity contribution in [1.82, 2.24) is 9.55 Å². The highest BCUT2D eigenvalue weighted by atomic mass is 16.4. The van der Waals surface area contributed by atoms with E-state index in [-0.39, 0.29) is 17.6 Å². The van der Waals surface area contributed by atoms with Gasteiger partial charge in [-0.15, -0.1) is 0 Å². The van der Waals surface area contributed by atoms with Crippen LogP contribution in [-0.4, -0.2) is 26.5 Å². The summed E-state index contributed by atoms with van der Waals surface area (Å²) in [5.74, 6) is -0.371. The van der Waals surface area contributed by atoms with E-state index in [0.717, 1.165) is 48.9 Å².